The van der Waals surface area contributed by atoms with Gasteiger partial charge in [0.05, 0.1) is 18.2 Å². The van der Waals surface area contributed by atoms with E-state index in [1.165, 1.54) is 32.2 Å². The van der Waals surface area contributed by atoms with Crippen LogP contribution in [0.5, 0.6) is 17.2 Å². The molecule has 0 saturated heterocycles. The summed E-state index contributed by atoms with van der Waals surface area (Å²) in [5.74, 6) is -3.25. The first-order valence-electron chi connectivity index (χ1n) is 9.05. The minimum atomic E-state index is -4.73. The van der Waals surface area contributed by atoms with Crippen molar-refractivity contribution in [2.24, 2.45) is 0 Å². The number of carbonyl (C=O) groups is 2. The van der Waals surface area contributed by atoms with Crippen molar-refractivity contribution in [3.8, 4) is 17.2 Å². The fourth-order valence-corrected chi connectivity index (χ4v) is 2.76. The van der Waals surface area contributed by atoms with Crippen molar-refractivity contribution in [3.63, 3.8) is 0 Å². The van der Waals surface area contributed by atoms with Gasteiger partial charge in [0.2, 0.25) is 0 Å². The van der Waals surface area contributed by atoms with Crippen LogP contribution in [0.2, 0.25) is 5.02 Å². The van der Waals surface area contributed by atoms with Crippen molar-refractivity contribution in [2.45, 2.75) is 20.0 Å². The van der Waals surface area contributed by atoms with Gasteiger partial charge >= 0.3 is 6.18 Å². The predicted octanol–water partition coefficient (Wildman–Crippen LogP) is 6.08. The zero-order valence-electron chi connectivity index (χ0n) is 17.1. The number of carbonyl (C=O) groups excluding carboxylic acids is 2. The van der Waals surface area contributed by atoms with Gasteiger partial charge in [-0.1, -0.05) is 17.7 Å². The summed E-state index contributed by atoms with van der Waals surface area (Å²) in [7, 11) is 1.21. The third kappa shape index (κ3) is 6.10. The van der Waals surface area contributed by atoms with E-state index in [2.05, 4.69) is 5.32 Å². The van der Waals surface area contributed by atoms with Crippen LogP contribution in [0.1, 0.15) is 29.8 Å². The van der Waals surface area contributed by atoms with Gasteiger partial charge in [-0.25, -0.2) is 4.39 Å². The maximum atomic E-state index is 14.2. The number of ether oxygens (including phenoxy) is 2. The Morgan fingerprint density at radius 3 is 2.31 bits per heavy atom. The Morgan fingerprint density at radius 1 is 1.09 bits per heavy atom. The highest BCUT2D eigenvalue weighted by Crippen LogP contribution is 2.39. The standard InChI is InChI=1S/C22H18ClF4NO4/c1-4-5-14(10-12(2)29)28-21(30)15-7-6-13(22(25,26)27)11-18(15)32-16-8-9-17(31-3)20(24)19(16)23/h4-11H,1-3H3,(H,28,30)/b5-4-,14-10+. The van der Waals surface area contributed by atoms with Gasteiger partial charge < -0.3 is 14.8 Å². The fraction of sp³-hybridized carbons (Fsp3) is 0.182. The molecule has 170 valence electrons. The van der Waals surface area contributed by atoms with Gasteiger partial charge in [0, 0.05) is 11.8 Å². The van der Waals surface area contributed by atoms with Crippen LogP contribution < -0.4 is 14.8 Å². The molecule has 0 aliphatic heterocycles. The third-order valence-corrected chi connectivity index (χ3v) is 4.32. The second kappa shape index (κ2) is 10.3. The third-order valence-electron chi connectivity index (χ3n) is 3.97. The molecule has 1 amide bonds. The molecule has 0 spiro atoms. The van der Waals surface area contributed by atoms with Crippen molar-refractivity contribution in [1.29, 1.82) is 0 Å². The molecule has 0 atom stereocenters. The molecule has 0 saturated carbocycles. The molecular formula is C22H18ClF4NO4. The normalized spacial score (nSPS) is 12.1. The molecular weight excluding hydrogens is 454 g/mol. The zero-order valence-corrected chi connectivity index (χ0v) is 17.9. The van der Waals surface area contributed by atoms with Crippen LogP contribution in [0.25, 0.3) is 0 Å². The second-order valence-corrected chi connectivity index (χ2v) is 6.75. The number of rotatable bonds is 7. The summed E-state index contributed by atoms with van der Waals surface area (Å²) < 4.78 is 64.1. The SMILES string of the molecule is C/C=C\C(=C/C(C)=O)NC(=O)c1ccc(C(F)(F)F)cc1Oc1ccc(OC)c(F)c1Cl. The van der Waals surface area contributed by atoms with E-state index in [9.17, 15) is 27.2 Å². The van der Waals surface area contributed by atoms with E-state index in [4.69, 9.17) is 21.1 Å². The van der Waals surface area contributed by atoms with Gasteiger partial charge in [-0.15, -0.1) is 0 Å². The Kier molecular flexibility index (Phi) is 8.04. The highest BCUT2D eigenvalue weighted by atomic mass is 35.5. The van der Waals surface area contributed by atoms with E-state index < -0.39 is 34.2 Å². The van der Waals surface area contributed by atoms with Crippen molar-refractivity contribution < 1.29 is 36.6 Å². The largest absolute Gasteiger partial charge is 0.494 e. The number of methoxy groups -OCH3 is 1. The van der Waals surface area contributed by atoms with E-state index in [0.29, 0.717) is 12.1 Å². The summed E-state index contributed by atoms with van der Waals surface area (Å²) >= 11 is 5.91. The van der Waals surface area contributed by atoms with Gasteiger partial charge in [0.15, 0.2) is 17.3 Å². The predicted molar refractivity (Wildman–Crippen MR) is 111 cm³/mol. The van der Waals surface area contributed by atoms with Crippen LogP contribution in [0.15, 0.2) is 54.3 Å². The minimum absolute atomic E-state index is 0.115. The fourth-order valence-electron chi connectivity index (χ4n) is 2.56. The van der Waals surface area contributed by atoms with Crippen LogP contribution in [0, 0.1) is 5.82 Å². The molecule has 0 radical (unpaired) electrons. The first-order chi connectivity index (χ1) is 15.0. The second-order valence-electron chi connectivity index (χ2n) is 6.37. The maximum Gasteiger partial charge on any atom is 0.416 e. The Hall–Kier alpha value is -3.33. The van der Waals surface area contributed by atoms with E-state index in [-0.39, 0.29) is 28.5 Å². The smallest absolute Gasteiger partial charge is 0.416 e. The van der Waals surface area contributed by atoms with Crippen LogP contribution >= 0.6 is 11.6 Å². The molecule has 2 aromatic carbocycles. The number of hydrogen-bond donors (Lipinski definition) is 1. The number of ketones is 1. The minimum Gasteiger partial charge on any atom is -0.494 e. The number of nitrogens with one attached hydrogen (secondary N) is 1. The molecule has 0 bridgehead atoms. The Morgan fingerprint density at radius 2 is 1.75 bits per heavy atom. The van der Waals surface area contributed by atoms with E-state index in [1.807, 2.05) is 0 Å². The number of alkyl halides is 3. The lowest BCUT2D eigenvalue weighted by Gasteiger charge is -2.16. The maximum absolute atomic E-state index is 14.2. The quantitative estimate of drug-likeness (QED) is 0.302. The first kappa shape index (κ1) is 24.9. The highest BCUT2D eigenvalue weighted by Gasteiger charge is 2.32. The van der Waals surface area contributed by atoms with Crippen molar-refractivity contribution in [1.82, 2.24) is 5.32 Å². The molecule has 0 fully saturated rings. The van der Waals surface area contributed by atoms with E-state index in [0.717, 1.165) is 12.1 Å². The van der Waals surface area contributed by atoms with Gasteiger partial charge in [-0.2, -0.15) is 13.2 Å². The summed E-state index contributed by atoms with van der Waals surface area (Å²) in [6.07, 6.45) is -0.607. The lowest BCUT2D eigenvalue weighted by atomic mass is 10.1. The summed E-state index contributed by atoms with van der Waals surface area (Å²) in [4.78, 5) is 24.1. The van der Waals surface area contributed by atoms with E-state index in [1.54, 1.807) is 13.0 Å². The molecule has 2 rings (SSSR count). The molecule has 5 nitrogen and oxygen atoms in total. The monoisotopic (exact) mass is 471 g/mol. The Balaban J connectivity index is 2.54. The molecule has 0 aliphatic carbocycles. The molecule has 0 aliphatic rings. The van der Waals surface area contributed by atoms with Crippen LogP contribution in [0.3, 0.4) is 0 Å². The number of allylic oxidation sites excluding steroid dienone is 3. The zero-order chi connectivity index (χ0) is 24.1. The van der Waals surface area contributed by atoms with Crippen LogP contribution in [-0.2, 0) is 11.0 Å². The Bertz CT molecular complexity index is 1090. The Labute approximate surface area is 186 Å². The average molecular weight is 472 g/mol. The van der Waals surface area contributed by atoms with Crippen molar-refractivity contribution in [3.05, 3.63) is 76.2 Å². The summed E-state index contributed by atoms with van der Waals surface area (Å²) in [5, 5.41) is 1.88. The molecule has 0 aromatic heterocycles. The molecule has 32 heavy (non-hydrogen) atoms. The summed E-state index contributed by atoms with van der Waals surface area (Å²) in [5.41, 5.74) is -1.28. The van der Waals surface area contributed by atoms with Crippen molar-refractivity contribution >= 4 is 23.3 Å². The first-order valence-corrected chi connectivity index (χ1v) is 9.43. The van der Waals surface area contributed by atoms with Gasteiger partial charge in [-0.3, -0.25) is 9.59 Å². The molecule has 0 heterocycles. The molecule has 1 N–H and O–H groups in total. The van der Waals surface area contributed by atoms with Gasteiger partial charge in [-0.05, 0) is 50.3 Å². The van der Waals surface area contributed by atoms with Gasteiger partial charge in [0.25, 0.3) is 5.91 Å². The van der Waals surface area contributed by atoms with Crippen LogP contribution in [-0.4, -0.2) is 18.8 Å². The number of halogens is 5. The van der Waals surface area contributed by atoms with Crippen molar-refractivity contribution in [2.75, 3.05) is 7.11 Å². The summed E-state index contributed by atoms with van der Waals surface area (Å²) in [6.45, 7) is 2.91. The van der Waals surface area contributed by atoms with Gasteiger partial charge in [0.1, 0.15) is 16.5 Å². The molecule has 2 aromatic rings. The topological polar surface area (TPSA) is 64.6 Å². The van der Waals surface area contributed by atoms with Crippen LogP contribution in [0.4, 0.5) is 17.6 Å². The number of benzene rings is 2. The molecule has 10 heteroatoms. The molecule has 0 unspecified atom stereocenters. The summed E-state index contributed by atoms with van der Waals surface area (Å²) in [6, 6.07) is 4.55. The average Bonchev–Trinajstić information content (AvgIpc) is 2.70. The lowest BCUT2D eigenvalue weighted by Crippen LogP contribution is -2.23. The lowest BCUT2D eigenvalue weighted by molar-refractivity contribution is -0.137. The number of amides is 1. The highest BCUT2D eigenvalue weighted by molar-refractivity contribution is 6.32. The number of hydrogen-bond acceptors (Lipinski definition) is 4. The van der Waals surface area contributed by atoms with E-state index >= 15 is 0 Å².